The first-order valence-corrected chi connectivity index (χ1v) is 18.1. The summed E-state index contributed by atoms with van der Waals surface area (Å²) in [5.41, 5.74) is 40.6. The van der Waals surface area contributed by atoms with E-state index in [1.54, 1.807) is 24.3 Å². The van der Waals surface area contributed by atoms with Gasteiger partial charge in [0.25, 0.3) is 0 Å². The van der Waals surface area contributed by atoms with Gasteiger partial charge in [0, 0.05) is 58.1 Å². The van der Waals surface area contributed by atoms with Crippen LogP contribution in [0.4, 0.5) is 60.5 Å². The highest BCUT2D eigenvalue weighted by atomic mass is 35.5. The minimum Gasteiger partial charge on any atom is -0.399 e. The summed E-state index contributed by atoms with van der Waals surface area (Å²) in [5, 5.41) is 1.15. The van der Waals surface area contributed by atoms with Crippen LogP contribution >= 0.6 is 23.2 Å². The summed E-state index contributed by atoms with van der Waals surface area (Å²) in [6.45, 7) is 4.09. The number of nitrogen functional groups attached to an aromatic ring is 6. The smallest absolute Gasteiger partial charge is 0.399 e. The Bertz CT molecular complexity index is 2370. The highest BCUT2D eigenvalue weighted by Crippen LogP contribution is 2.44. The summed E-state index contributed by atoms with van der Waals surface area (Å²) in [4.78, 5) is 12.2. The van der Waals surface area contributed by atoms with Gasteiger partial charge in [0.2, 0.25) is 0 Å². The molecule has 0 atom stereocenters. The van der Waals surface area contributed by atoms with Crippen LogP contribution in [-0.4, -0.2) is 5.78 Å². The van der Waals surface area contributed by atoms with E-state index in [4.69, 9.17) is 57.6 Å². The normalized spacial score (nSPS) is 12.3. The molecule has 6 aromatic carbocycles. The number of anilines is 6. The molecular weight excluding hydrogens is 801 g/mol. The number of carbonyl (C=O) groups is 1. The first-order valence-electron chi connectivity index (χ1n) is 17.4. The molecule has 0 saturated heterocycles. The molecule has 0 fully saturated rings. The van der Waals surface area contributed by atoms with Crippen molar-refractivity contribution in [1.82, 2.24) is 0 Å². The van der Waals surface area contributed by atoms with E-state index >= 15 is 0 Å². The molecule has 1 aliphatic rings. The number of alkyl halides is 6. The fraction of sp³-hybridized carbons (Fsp3) is 0.140. The maximum atomic E-state index is 13.1. The predicted molar refractivity (Wildman–Crippen MR) is 224 cm³/mol. The molecule has 0 unspecified atom stereocenters. The third-order valence-corrected chi connectivity index (χ3v) is 9.79. The van der Waals surface area contributed by atoms with Crippen LogP contribution in [-0.2, 0) is 30.0 Å². The molecular formula is C43H38Cl2F6N6O. The Kier molecular flexibility index (Phi) is 12.5. The van der Waals surface area contributed by atoms with Crippen molar-refractivity contribution < 1.29 is 31.1 Å². The second kappa shape index (κ2) is 16.8. The van der Waals surface area contributed by atoms with Gasteiger partial charge in [-0.1, -0.05) is 47.5 Å². The Labute approximate surface area is 340 Å². The number of Topliss-reactive ketones (excluding diaryl/α,β-unsaturated/α-hetero) is 1. The van der Waals surface area contributed by atoms with Gasteiger partial charge >= 0.3 is 12.4 Å². The van der Waals surface area contributed by atoms with Crippen molar-refractivity contribution in [2.45, 2.75) is 39.0 Å². The van der Waals surface area contributed by atoms with Gasteiger partial charge in [0.1, 0.15) is 5.78 Å². The van der Waals surface area contributed by atoms with Crippen LogP contribution in [0.2, 0.25) is 10.0 Å². The van der Waals surface area contributed by atoms with Gasteiger partial charge in [0.15, 0.2) is 0 Å². The molecule has 302 valence electrons. The fourth-order valence-corrected chi connectivity index (χ4v) is 7.41. The lowest BCUT2D eigenvalue weighted by atomic mass is 9.89. The number of hydrogen-bond acceptors (Lipinski definition) is 7. The third kappa shape index (κ3) is 9.90. The number of ketones is 1. The standard InChI is InChI=1S/C17H18N2O.C14H10F6N2.C12H10Cl2N2/c1-9-3-13(18)5-11-7-15(20)8-12-6-14(19)4-10(2)17(12)16(9)11;15-13(16,17)11-5-7(21)1-3-9(11)10-4-2-8(22)6-12(10)14(18,19)20;13-11-5-7(15)1-3-9(11)10-4-2-8(16)6-12(10)14/h3-6H,7-8,18-19H2,1-2H3;1-6H,21-22H2;1-6H,15-16H2. The molecule has 1 aliphatic carbocycles. The topological polar surface area (TPSA) is 173 Å². The summed E-state index contributed by atoms with van der Waals surface area (Å²) in [7, 11) is 0. The second-order valence-corrected chi connectivity index (χ2v) is 14.5. The lowest BCUT2D eigenvalue weighted by molar-refractivity contribution is -0.139. The molecule has 0 spiro atoms. The first kappa shape index (κ1) is 43.1. The molecule has 15 heteroatoms. The quantitative estimate of drug-likeness (QED) is 0.0743. The SMILES string of the molecule is Cc1cc(N)cc2c1-c1c(C)cc(N)cc1CC(=O)C2.Nc1ccc(-c2ccc(N)cc2C(F)(F)F)c(C(F)(F)F)c1.Nc1ccc(-c2ccc(N)cc2Cl)c(Cl)c1. The van der Waals surface area contributed by atoms with Gasteiger partial charge < -0.3 is 34.4 Å². The number of fused-ring (bicyclic) bond motifs is 3. The van der Waals surface area contributed by atoms with Crippen molar-refractivity contribution >= 4 is 63.1 Å². The van der Waals surface area contributed by atoms with Crippen LogP contribution in [0.3, 0.4) is 0 Å². The maximum absolute atomic E-state index is 13.1. The molecule has 6 aromatic rings. The van der Waals surface area contributed by atoms with E-state index in [0.717, 1.165) is 68.8 Å². The third-order valence-electron chi connectivity index (χ3n) is 9.17. The molecule has 0 amide bonds. The summed E-state index contributed by atoms with van der Waals surface area (Å²) >= 11 is 12.2. The van der Waals surface area contributed by atoms with Crippen LogP contribution in [0.25, 0.3) is 33.4 Å². The minimum absolute atomic E-state index is 0.194. The van der Waals surface area contributed by atoms with Crippen molar-refractivity contribution in [3.05, 3.63) is 140 Å². The molecule has 0 aromatic heterocycles. The van der Waals surface area contributed by atoms with E-state index < -0.39 is 34.6 Å². The van der Waals surface area contributed by atoms with Gasteiger partial charge in [-0.2, -0.15) is 26.3 Å². The summed E-state index contributed by atoms with van der Waals surface area (Å²) in [6, 6.07) is 23.7. The zero-order valence-electron chi connectivity index (χ0n) is 31.0. The fourth-order valence-electron chi connectivity index (χ4n) is 6.82. The Balaban J connectivity index is 0.000000168. The monoisotopic (exact) mass is 838 g/mol. The van der Waals surface area contributed by atoms with Crippen LogP contribution in [0.1, 0.15) is 33.4 Å². The molecule has 7 rings (SSSR count). The van der Waals surface area contributed by atoms with E-state index in [2.05, 4.69) is 0 Å². The number of carbonyl (C=O) groups excluding carboxylic acids is 1. The van der Waals surface area contributed by atoms with E-state index in [1.807, 2.05) is 50.2 Å². The number of hydrogen-bond donors (Lipinski definition) is 6. The lowest BCUT2D eigenvalue weighted by Crippen LogP contribution is -2.12. The van der Waals surface area contributed by atoms with Crippen molar-refractivity contribution in [2.24, 2.45) is 0 Å². The zero-order valence-corrected chi connectivity index (χ0v) is 32.6. The van der Waals surface area contributed by atoms with E-state index in [0.29, 0.717) is 57.8 Å². The highest BCUT2D eigenvalue weighted by molar-refractivity contribution is 6.36. The number of benzene rings is 6. The Morgan fingerprint density at radius 3 is 1.07 bits per heavy atom. The van der Waals surface area contributed by atoms with Crippen molar-refractivity contribution in [3.63, 3.8) is 0 Å². The van der Waals surface area contributed by atoms with Crippen molar-refractivity contribution in [3.8, 4) is 33.4 Å². The number of aryl methyl sites for hydroxylation is 2. The summed E-state index contributed by atoms with van der Waals surface area (Å²) < 4.78 is 78.4. The van der Waals surface area contributed by atoms with Crippen molar-refractivity contribution in [2.75, 3.05) is 34.4 Å². The summed E-state index contributed by atoms with van der Waals surface area (Å²) in [6.07, 6.45) is -8.80. The zero-order chi connectivity index (χ0) is 42.9. The van der Waals surface area contributed by atoms with Crippen LogP contribution in [0, 0.1) is 13.8 Å². The molecule has 0 heterocycles. The number of halogens is 8. The molecule has 58 heavy (non-hydrogen) atoms. The Morgan fingerprint density at radius 1 is 0.448 bits per heavy atom. The number of rotatable bonds is 2. The van der Waals surface area contributed by atoms with E-state index in [-0.39, 0.29) is 17.2 Å². The Morgan fingerprint density at radius 2 is 0.759 bits per heavy atom. The lowest BCUT2D eigenvalue weighted by Gasteiger charge is -2.18. The molecule has 0 aliphatic heterocycles. The minimum atomic E-state index is -4.84. The highest BCUT2D eigenvalue weighted by Gasteiger charge is 2.38. The number of nitrogens with two attached hydrogens (primary N) is 6. The van der Waals surface area contributed by atoms with Gasteiger partial charge in [-0.05, 0) is 131 Å². The van der Waals surface area contributed by atoms with Gasteiger partial charge in [-0.25, -0.2) is 0 Å². The average molecular weight is 840 g/mol. The maximum Gasteiger partial charge on any atom is 0.417 e. The largest absolute Gasteiger partial charge is 0.417 e. The Hall–Kier alpha value is -6.05. The summed E-state index contributed by atoms with van der Waals surface area (Å²) in [5.74, 6) is 0.208. The van der Waals surface area contributed by atoms with Gasteiger partial charge in [-0.3, -0.25) is 4.79 Å². The molecule has 0 bridgehead atoms. The van der Waals surface area contributed by atoms with Gasteiger partial charge in [-0.15, -0.1) is 0 Å². The van der Waals surface area contributed by atoms with Gasteiger partial charge in [0.05, 0.1) is 21.2 Å². The molecule has 0 saturated carbocycles. The predicted octanol–water partition coefficient (Wildman–Crippen LogP) is 11.2. The van der Waals surface area contributed by atoms with Crippen LogP contribution in [0.5, 0.6) is 0 Å². The first-order chi connectivity index (χ1) is 27.0. The second-order valence-electron chi connectivity index (χ2n) is 13.7. The van der Waals surface area contributed by atoms with E-state index in [9.17, 15) is 31.1 Å². The van der Waals surface area contributed by atoms with Crippen molar-refractivity contribution in [1.29, 1.82) is 0 Å². The molecule has 7 nitrogen and oxygen atoms in total. The molecule has 12 N–H and O–H groups in total. The molecule has 0 radical (unpaired) electrons. The van der Waals surface area contributed by atoms with Crippen LogP contribution in [0.15, 0.2) is 97.1 Å². The van der Waals surface area contributed by atoms with Crippen LogP contribution < -0.4 is 34.4 Å². The average Bonchev–Trinajstić information content (AvgIpc) is 3.24. The van der Waals surface area contributed by atoms with E-state index in [1.165, 1.54) is 0 Å².